The maximum atomic E-state index is 12.7. The van der Waals surface area contributed by atoms with E-state index < -0.39 is 27.9 Å². The van der Waals surface area contributed by atoms with Crippen LogP contribution >= 0.6 is 0 Å². The van der Waals surface area contributed by atoms with E-state index in [1.54, 1.807) is 13.8 Å². The summed E-state index contributed by atoms with van der Waals surface area (Å²) < 4.78 is 26.8. The van der Waals surface area contributed by atoms with Crippen molar-refractivity contribution >= 4 is 21.9 Å². The lowest BCUT2D eigenvalue weighted by molar-refractivity contribution is -0.140. The first-order valence-electron chi connectivity index (χ1n) is 8.79. The molecule has 26 heavy (non-hydrogen) atoms. The van der Waals surface area contributed by atoms with Crippen LogP contribution in [0.3, 0.4) is 0 Å². The maximum Gasteiger partial charge on any atom is 0.326 e. The summed E-state index contributed by atoms with van der Waals surface area (Å²) in [6, 6.07) is 4.56. The molecule has 8 heteroatoms. The molecule has 0 radical (unpaired) electrons. The number of carbonyl (C=O) groups is 2. The molecule has 0 heterocycles. The fourth-order valence-electron chi connectivity index (χ4n) is 2.52. The summed E-state index contributed by atoms with van der Waals surface area (Å²) in [4.78, 5) is 23.5. The quantitative estimate of drug-likeness (QED) is 0.644. The van der Waals surface area contributed by atoms with Crippen LogP contribution in [-0.4, -0.2) is 48.8 Å². The van der Waals surface area contributed by atoms with E-state index >= 15 is 0 Å². The van der Waals surface area contributed by atoms with E-state index in [4.69, 9.17) is 5.11 Å². The van der Waals surface area contributed by atoms with E-state index in [0.717, 1.165) is 0 Å². The van der Waals surface area contributed by atoms with Crippen molar-refractivity contribution in [3.63, 3.8) is 0 Å². The molecule has 0 spiro atoms. The highest BCUT2D eigenvalue weighted by molar-refractivity contribution is 7.89. The minimum absolute atomic E-state index is 0.120. The number of nitrogens with one attached hydrogen (secondary N) is 1. The van der Waals surface area contributed by atoms with Gasteiger partial charge in [-0.2, -0.15) is 4.31 Å². The Bertz CT molecular complexity index is 708. The number of sulfonamides is 1. The van der Waals surface area contributed by atoms with Crippen molar-refractivity contribution < 1.29 is 23.1 Å². The molecule has 146 valence electrons. The Morgan fingerprint density at radius 3 is 1.96 bits per heavy atom. The number of benzene rings is 1. The number of carboxylic acids is 1. The van der Waals surface area contributed by atoms with E-state index in [0.29, 0.717) is 25.9 Å². The van der Waals surface area contributed by atoms with Gasteiger partial charge in [0.2, 0.25) is 10.0 Å². The molecule has 0 saturated carbocycles. The number of hydrogen-bond donors (Lipinski definition) is 2. The van der Waals surface area contributed by atoms with Gasteiger partial charge in [-0.3, -0.25) is 4.79 Å². The van der Waals surface area contributed by atoms with Crippen LogP contribution in [0, 0.1) is 5.92 Å². The summed E-state index contributed by atoms with van der Waals surface area (Å²) in [6.07, 6.45) is 1.43. The molecular formula is C18H28N2O5S. The molecule has 1 rings (SSSR count). The standard InChI is InChI=1S/C18H28N2O5S/c1-5-11-20(12-6-2)26(24,25)15-9-7-14(8-10-15)17(21)19-16(13(3)4)18(22)23/h7-10,13,16H,5-6,11-12H2,1-4H3,(H,19,21)(H,22,23)/t16-/m1/s1. The van der Waals surface area contributed by atoms with Gasteiger partial charge in [-0.05, 0) is 43.0 Å². The molecule has 0 fully saturated rings. The average Bonchev–Trinajstić information content (AvgIpc) is 2.58. The van der Waals surface area contributed by atoms with Crippen LogP contribution in [0.1, 0.15) is 50.9 Å². The zero-order chi connectivity index (χ0) is 19.9. The predicted molar refractivity (Wildman–Crippen MR) is 99.5 cm³/mol. The molecule has 1 aromatic carbocycles. The molecule has 1 amide bonds. The highest BCUT2D eigenvalue weighted by Gasteiger charge is 2.25. The first kappa shape index (κ1) is 22.1. The zero-order valence-corrected chi connectivity index (χ0v) is 16.5. The second kappa shape index (κ2) is 9.68. The normalized spacial score (nSPS) is 13.0. The van der Waals surface area contributed by atoms with Crippen LogP contribution in [0.25, 0.3) is 0 Å². The number of amides is 1. The van der Waals surface area contributed by atoms with E-state index in [9.17, 15) is 18.0 Å². The maximum absolute atomic E-state index is 12.7. The van der Waals surface area contributed by atoms with Crippen molar-refractivity contribution in [1.29, 1.82) is 0 Å². The Morgan fingerprint density at radius 2 is 1.58 bits per heavy atom. The summed E-state index contributed by atoms with van der Waals surface area (Å²) in [6.45, 7) is 8.11. The van der Waals surface area contributed by atoms with Crippen molar-refractivity contribution in [1.82, 2.24) is 9.62 Å². The summed E-state index contributed by atoms with van der Waals surface area (Å²) >= 11 is 0. The van der Waals surface area contributed by atoms with Gasteiger partial charge in [0, 0.05) is 18.7 Å². The fraction of sp³-hybridized carbons (Fsp3) is 0.556. The van der Waals surface area contributed by atoms with Crippen molar-refractivity contribution in [2.24, 2.45) is 5.92 Å². The van der Waals surface area contributed by atoms with Crippen LogP contribution < -0.4 is 5.32 Å². The van der Waals surface area contributed by atoms with Gasteiger partial charge >= 0.3 is 5.97 Å². The van der Waals surface area contributed by atoms with Gasteiger partial charge in [-0.15, -0.1) is 0 Å². The minimum Gasteiger partial charge on any atom is -0.480 e. The van der Waals surface area contributed by atoms with Crippen molar-refractivity contribution in [3.8, 4) is 0 Å². The number of carboxylic acid groups (broad SMARTS) is 1. The third-order valence-corrected chi connectivity index (χ3v) is 5.83. The monoisotopic (exact) mass is 384 g/mol. The smallest absolute Gasteiger partial charge is 0.326 e. The van der Waals surface area contributed by atoms with Gasteiger partial charge in [0.15, 0.2) is 0 Å². The number of rotatable bonds is 10. The molecule has 7 nitrogen and oxygen atoms in total. The van der Waals surface area contributed by atoms with Crippen molar-refractivity contribution in [2.45, 2.75) is 51.5 Å². The third-order valence-electron chi connectivity index (χ3n) is 3.92. The van der Waals surface area contributed by atoms with Crippen LogP contribution in [-0.2, 0) is 14.8 Å². The van der Waals surface area contributed by atoms with E-state index in [2.05, 4.69) is 5.32 Å². The second-order valence-electron chi connectivity index (χ2n) is 6.46. The van der Waals surface area contributed by atoms with Crippen LogP contribution in [0.5, 0.6) is 0 Å². The first-order chi connectivity index (χ1) is 12.1. The molecule has 2 N–H and O–H groups in total. The third kappa shape index (κ3) is 5.54. The number of hydrogen-bond acceptors (Lipinski definition) is 4. The highest BCUT2D eigenvalue weighted by atomic mass is 32.2. The fourth-order valence-corrected chi connectivity index (χ4v) is 4.14. The Morgan fingerprint density at radius 1 is 1.08 bits per heavy atom. The molecule has 0 aromatic heterocycles. The molecule has 1 aromatic rings. The Balaban J connectivity index is 3.00. The van der Waals surface area contributed by atoms with Crippen LogP contribution in [0.15, 0.2) is 29.2 Å². The topological polar surface area (TPSA) is 104 Å². The highest BCUT2D eigenvalue weighted by Crippen LogP contribution is 2.17. The Kier molecular flexibility index (Phi) is 8.23. The average molecular weight is 384 g/mol. The van der Waals surface area contributed by atoms with Crippen LogP contribution in [0.4, 0.5) is 0 Å². The number of aliphatic carboxylic acids is 1. The van der Waals surface area contributed by atoms with E-state index in [-0.39, 0.29) is 16.4 Å². The van der Waals surface area contributed by atoms with E-state index in [1.807, 2.05) is 13.8 Å². The zero-order valence-electron chi connectivity index (χ0n) is 15.7. The van der Waals surface area contributed by atoms with Gasteiger partial charge in [0.25, 0.3) is 5.91 Å². The summed E-state index contributed by atoms with van der Waals surface area (Å²) in [5, 5.41) is 11.6. The lowest BCUT2D eigenvalue weighted by Gasteiger charge is -2.21. The van der Waals surface area contributed by atoms with Gasteiger partial charge in [0.05, 0.1) is 4.90 Å². The van der Waals surface area contributed by atoms with Crippen LogP contribution in [0.2, 0.25) is 0 Å². The molecular weight excluding hydrogens is 356 g/mol. The lowest BCUT2D eigenvalue weighted by Crippen LogP contribution is -2.44. The van der Waals surface area contributed by atoms with Crippen molar-refractivity contribution in [3.05, 3.63) is 29.8 Å². The minimum atomic E-state index is -3.61. The van der Waals surface area contributed by atoms with Crippen molar-refractivity contribution in [2.75, 3.05) is 13.1 Å². The largest absolute Gasteiger partial charge is 0.480 e. The Hall–Kier alpha value is -1.93. The first-order valence-corrected chi connectivity index (χ1v) is 10.2. The van der Waals surface area contributed by atoms with Gasteiger partial charge in [-0.1, -0.05) is 27.7 Å². The SMILES string of the molecule is CCCN(CCC)S(=O)(=O)c1ccc(C(=O)N[C@@H](C(=O)O)C(C)C)cc1. The predicted octanol–water partition coefficient (Wildman–Crippen LogP) is 2.34. The van der Waals surface area contributed by atoms with Gasteiger partial charge in [0.1, 0.15) is 6.04 Å². The molecule has 0 saturated heterocycles. The molecule has 0 bridgehead atoms. The summed E-state index contributed by atoms with van der Waals surface area (Å²) in [7, 11) is -3.61. The second-order valence-corrected chi connectivity index (χ2v) is 8.40. The summed E-state index contributed by atoms with van der Waals surface area (Å²) in [5.41, 5.74) is 0.216. The van der Waals surface area contributed by atoms with Gasteiger partial charge in [-0.25, -0.2) is 13.2 Å². The molecule has 0 unspecified atom stereocenters. The number of carbonyl (C=O) groups excluding carboxylic acids is 1. The number of nitrogens with zero attached hydrogens (tertiary/aromatic N) is 1. The van der Waals surface area contributed by atoms with E-state index in [1.165, 1.54) is 28.6 Å². The van der Waals surface area contributed by atoms with Gasteiger partial charge < -0.3 is 10.4 Å². The summed E-state index contributed by atoms with van der Waals surface area (Å²) in [5.74, 6) is -1.93. The lowest BCUT2D eigenvalue weighted by atomic mass is 10.0. The molecule has 0 aliphatic carbocycles. The molecule has 1 atom stereocenters. The Labute approximate surface area is 155 Å². The molecule has 0 aliphatic heterocycles. The molecule has 0 aliphatic rings.